The van der Waals surface area contributed by atoms with Crippen LogP contribution in [0.4, 0.5) is 0 Å². The van der Waals surface area contributed by atoms with Gasteiger partial charge in [-0.15, -0.1) is 0 Å². The van der Waals surface area contributed by atoms with Crippen molar-refractivity contribution in [1.82, 2.24) is 10.2 Å². The molecule has 2 N–H and O–H groups in total. The lowest BCUT2D eigenvalue weighted by molar-refractivity contribution is -0.134. The van der Waals surface area contributed by atoms with E-state index in [1.54, 1.807) is 4.90 Å². The van der Waals surface area contributed by atoms with Gasteiger partial charge in [0, 0.05) is 13.1 Å². The molecular weight excluding hydrogens is 328 g/mol. The molecule has 2 amide bonds. The summed E-state index contributed by atoms with van der Waals surface area (Å²) in [4.78, 5) is 27.8. The summed E-state index contributed by atoms with van der Waals surface area (Å²) in [6.45, 7) is 9.15. The third-order valence-corrected chi connectivity index (χ3v) is 5.92. The Hall–Kier alpha value is -2.04. The van der Waals surface area contributed by atoms with Crippen molar-refractivity contribution in [3.05, 3.63) is 28.8 Å². The van der Waals surface area contributed by atoms with Gasteiger partial charge in [-0.2, -0.15) is 0 Å². The highest BCUT2D eigenvalue weighted by Gasteiger charge is 2.50. The van der Waals surface area contributed by atoms with Crippen LogP contribution in [-0.4, -0.2) is 40.4 Å². The molecule has 0 aromatic heterocycles. The lowest BCUT2D eigenvalue weighted by atomic mass is 9.88. The number of aromatic hydroxyl groups is 1. The number of hydrogen-bond donors (Lipinski definition) is 2. The van der Waals surface area contributed by atoms with Gasteiger partial charge in [0.2, 0.25) is 5.91 Å². The molecule has 2 aliphatic rings. The third kappa shape index (κ3) is 2.97. The Morgan fingerprint density at radius 1 is 1.15 bits per heavy atom. The third-order valence-electron chi connectivity index (χ3n) is 5.92. The number of benzene rings is 1. The quantitative estimate of drug-likeness (QED) is 0.868. The van der Waals surface area contributed by atoms with Gasteiger partial charge in [-0.05, 0) is 41.9 Å². The van der Waals surface area contributed by atoms with Crippen LogP contribution in [0.5, 0.6) is 5.75 Å². The molecular formula is C21H30N2O3. The number of hydrogen-bond acceptors (Lipinski definition) is 3. The maximum atomic E-state index is 13.5. The molecule has 1 saturated heterocycles. The van der Waals surface area contributed by atoms with E-state index in [0.717, 1.165) is 24.0 Å². The first kappa shape index (κ1) is 18.7. The number of phenols is 1. The van der Waals surface area contributed by atoms with Gasteiger partial charge in [0.1, 0.15) is 11.3 Å². The van der Waals surface area contributed by atoms with E-state index in [4.69, 9.17) is 0 Å². The first-order chi connectivity index (χ1) is 12.3. The number of piperazine rings is 1. The molecule has 1 saturated carbocycles. The van der Waals surface area contributed by atoms with E-state index in [1.165, 1.54) is 0 Å². The SMILES string of the molecule is CC(C)c1cc(C(=O)N2CCNC(=O)C23CCCC3)c(O)c(C(C)C)c1. The lowest BCUT2D eigenvalue weighted by Crippen LogP contribution is -2.65. The van der Waals surface area contributed by atoms with Gasteiger partial charge in [-0.3, -0.25) is 9.59 Å². The molecule has 142 valence electrons. The predicted molar refractivity (Wildman–Crippen MR) is 102 cm³/mol. The van der Waals surface area contributed by atoms with E-state index in [-0.39, 0.29) is 29.4 Å². The molecule has 1 heterocycles. The predicted octanol–water partition coefficient (Wildman–Crippen LogP) is 3.52. The molecule has 3 rings (SSSR count). The Morgan fingerprint density at radius 3 is 2.38 bits per heavy atom. The average molecular weight is 358 g/mol. The molecule has 2 fully saturated rings. The highest BCUT2D eigenvalue weighted by Crippen LogP contribution is 2.40. The van der Waals surface area contributed by atoms with Crippen molar-refractivity contribution >= 4 is 11.8 Å². The van der Waals surface area contributed by atoms with Crippen molar-refractivity contribution in [2.24, 2.45) is 0 Å². The van der Waals surface area contributed by atoms with E-state index in [1.807, 2.05) is 26.0 Å². The largest absolute Gasteiger partial charge is 0.507 e. The van der Waals surface area contributed by atoms with Crippen molar-refractivity contribution in [3.8, 4) is 5.75 Å². The Morgan fingerprint density at radius 2 is 1.81 bits per heavy atom. The number of carbonyl (C=O) groups excluding carboxylic acids is 2. The fourth-order valence-electron chi connectivity index (χ4n) is 4.30. The van der Waals surface area contributed by atoms with Gasteiger partial charge in [0.25, 0.3) is 5.91 Å². The standard InChI is InChI=1S/C21H30N2O3/c1-13(2)15-11-16(14(3)4)18(24)17(12-15)19(25)23-10-9-22-20(26)21(23)7-5-6-8-21/h11-14,24H,5-10H2,1-4H3,(H,22,26). The van der Waals surface area contributed by atoms with E-state index in [2.05, 4.69) is 19.2 Å². The smallest absolute Gasteiger partial charge is 0.258 e. The van der Waals surface area contributed by atoms with E-state index in [0.29, 0.717) is 31.5 Å². The number of amides is 2. The maximum Gasteiger partial charge on any atom is 0.258 e. The molecule has 1 spiro atoms. The highest BCUT2D eigenvalue weighted by molar-refractivity contribution is 6.02. The Kier molecular flexibility index (Phi) is 5.00. The van der Waals surface area contributed by atoms with Crippen molar-refractivity contribution in [3.63, 3.8) is 0 Å². The van der Waals surface area contributed by atoms with Gasteiger partial charge in [0.05, 0.1) is 5.56 Å². The minimum atomic E-state index is -0.742. The minimum absolute atomic E-state index is 0.0433. The average Bonchev–Trinajstić information content (AvgIpc) is 3.07. The van der Waals surface area contributed by atoms with Crippen LogP contribution < -0.4 is 5.32 Å². The van der Waals surface area contributed by atoms with Gasteiger partial charge in [0.15, 0.2) is 0 Å². The summed E-state index contributed by atoms with van der Waals surface area (Å²) in [5.74, 6) is 0.172. The summed E-state index contributed by atoms with van der Waals surface area (Å²) in [6.07, 6.45) is 3.30. The molecule has 1 aromatic carbocycles. The zero-order chi connectivity index (χ0) is 19.1. The van der Waals surface area contributed by atoms with E-state index < -0.39 is 5.54 Å². The van der Waals surface area contributed by atoms with Crippen molar-refractivity contribution in [1.29, 1.82) is 0 Å². The van der Waals surface area contributed by atoms with Crippen molar-refractivity contribution in [2.75, 3.05) is 13.1 Å². The summed E-state index contributed by atoms with van der Waals surface area (Å²) < 4.78 is 0. The van der Waals surface area contributed by atoms with Gasteiger partial charge >= 0.3 is 0 Å². The zero-order valence-electron chi connectivity index (χ0n) is 16.3. The van der Waals surface area contributed by atoms with Crippen molar-refractivity contribution in [2.45, 2.75) is 70.8 Å². The number of carbonyl (C=O) groups is 2. The van der Waals surface area contributed by atoms with Crippen LogP contribution in [0.2, 0.25) is 0 Å². The molecule has 5 heteroatoms. The number of nitrogens with zero attached hydrogens (tertiary/aromatic N) is 1. The fourth-order valence-corrected chi connectivity index (χ4v) is 4.30. The molecule has 0 unspecified atom stereocenters. The van der Waals surface area contributed by atoms with E-state index in [9.17, 15) is 14.7 Å². The summed E-state index contributed by atoms with van der Waals surface area (Å²) >= 11 is 0. The molecule has 26 heavy (non-hydrogen) atoms. The van der Waals surface area contributed by atoms with Crippen LogP contribution in [0.3, 0.4) is 0 Å². The summed E-state index contributed by atoms with van der Waals surface area (Å²) in [6, 6.07) is 3.80. The first-order valence-electron chi connectivity index (χ1n) is 9.75. The Bertz CT molecular complexity index is 718. The normalized spacial score (nSPS) is 19.5. The topological polar surface area (TPSA) is 69.6 Å². The second-order valence-corrected chi connectivity index (χ2v) is 8.27. The van der Waals surface area contributed by atoms with Crippen LogP contribution in [0.1, 0.15) is 86.7 Å². The Balaban J connectivity index is 2.07. The number of nitrogens with one attached hydrogen (secondary N) is 1. The second kappa shape index (κ2) is 6.93. The van der Waals surface area contributed by atoms with Crippen LogP contribution in [-0.2, 0) is 4.79 Å². The zero-order valence-corrected chi connectivity index (χ0v) is 16.3. The first-order valence-corrected chi connectivity index (χ1v) is 9.75. The molecule has 1 aromatic rings. The lowest BCUT2D eigenvalue weighted by Gasteiger charge is -2.43. The minimum Gasteiger partial charge on any atom is -0.507 e. The van der Waals surface area contributed by atoms with E-state index >= 15 is 0 Å². The number of phenolic OH excluding ortho intramolecular Hbond substituents is 1. The van der Waals surface area contributed by atoms with Gasteiger partial charge in [-0.1, -0.05) is 46.6 Å². The molecule has 1 aliphatic carbocycles. The fraction of sp³-hybridized carbons (Fsp3) is 0.619. The van der Waals surface area contributed by atoms with Crippen LogP contribution in [0.25, 0.3) is 0 Å². The molecule has 0 radical (unpaired) electrons. The summed E-state index contributed by atoms with van der Waals surface area (Å²) in [5, 5.41) is 13.7. The van der Waals surface area contributed by atoms with Gasteiger partial charge in [-0.25, -0.2) is 0 Å². The van der Waals surface area contributed by atoms with Crippen LogP contribution in [0.15, 0.2) is 12.1 Å². The summed E-state index contributed by atoms with van der Waals surface area (Å²) in [7, 11) is 0. The highest BCUT2D eigenvalue weighted by atomic mass is 16.3. The molecule has 0 atom stereocenters. The Labute approximate surface area is 155 Å². The van der Waals surface area contributed by atoms with Crippen LogP contribution >= 0.6 is 0 Å². The van der Waals surface area contributed by atoms with Crippen LogP contribution in [0, 0.1) is 0 Å². The van der Waals surface area contributed by atoms with Crippen molar-refractivity contribution < 1.29 is 14.7 Å². The summed E-state index contributed by atoms with van der Waals surface area (Å²) in [5.41, 5.74) is 1.42. The maximum absolute atomic E-state index is 13.5. The second-order valence-electron chi connectivity index (χ2n) is 8.27. The molecule has 1 aliphatic heterocycles. The monoisotopic (exact) mass is 358 g/mol. The molecule has 5 nitrogen and oxygen atoms in total. The number of rotatable bonds is 3. The molecule has 0 bridgehead atoms. The van der Waals surface area contributed by atoms with Gasteiger partial charge < -0.3 is 15.3 Å².